The lowest BCUT2D eigenvalue weighted by Crippen LogP contribution is -2.36. The van der Waals surface area contributed by atoms with E-state index < -0.39 is 22.2 Å². The zero-order valence-electron chi connectivity index (χ0n) is 21.1. The zero-order valence-corrected chi connectivity index (χ0v) is 23.6. The van der Waals surface area contributed by atoms with E-state index in [2.05, 4.69) is 20.9 Å². The van der Waals surface area contributed by atoms with E-state index in [-0.39, 0.29) is 6.04 Å². The normalized spacial score (nSPS) is 14.5. The Hall–Kier alpha value is -2.94. The molecule has 210 valence electrons. The van der Waals surface area contributed by atoms with Crippen molar-refractivity contribution in [2.24, 2.45) is 0 Å². The Bertz CT molecular complexity index is 1520. The van der Waals surface area contributed by atoms with Gasteiger partial charge in [-0.25, -0.2) is 18.2 Å². The summed E-state index contributed by atoms with van der Waals surface area (Å²) in [7, 11) is -3.65. The number of nitrogens with one attached hydrogen (secondary N) is 1. The number of likely N-dealkylation sites (tertiary alicyclic amines) is 1. The van der Waals surface area contributed by atoms with Crippen LogP contribution in [0.25, 0.3) is 21.6 Å². The molecule has 0 radical (unpaired) electrons. The van der Waals surface area contributed by atoms with Crippen molar-refractivity contribution in [1.82, 2.24) is 14.9 Å². The Labute approximate surface area is 231 Å². The van der Waals surface area contributed by atoms with Gasteiger partial charge in [-0.1, -0.05) is 18.2 Å². The Morgan fingerprint density at radius 3 is 2.49 bits per heavy atom. The van der Waals surface area contributed by atoms with Gasteiger partial charge in [-0.2, -0.15) is 13.2 Å². The first-order valence-electron chi connectivity index (χ1n) is 12.0. The molecule has 1 aliphatic heterocycles. The van der Waals surface area contributed by atoms with Crippen molar-refractivity contribution in [2.45, 2.75) is 49.7 Å². The van der Waals surface area contributed by atoms with Gasteiger partial charge >= 0.3 is 12.1 Å². The largest absolute Gasteiger partial charge is 0.490 e. The van der Waals surface area contributed by atoms with Crippen LogP contribution in [0.15, 0.2) is 52.2 Å². The molecule has 1 fully saturated rings. The molecule has 5 rings (SSSR count). The van der Waals surface area contributed by atoms with E-state index in [1.54, 1.807) is 28.8 Å². The maximum atomic E-state index is 13.4. The molecule has 3 aromatic heterocycles. The molecule has 0 atom stereocenters. The molecular formula is C25H27F3N4O4S3. The minimum absolute atomic E-state index is 0.230. The number of H-pyrrole nitrogens is 1. The van der Waals surface area contributed by atoms with Crippen LogP contribution < -0.4 is 4.31 Å². The Morgan fingerprint density at radius 1 is 1.21 bits per heavy atom. The maximum Gasteiger partial charge on any atom is 0.490 e. The fourth-order valence-electron chi connectivity index (χ4n) is 4.30. The minimum atomic E-state index is -5.08. The van der Waals surface area contributed by atoms with Crippen LogP contribution in [0.3, 0.4) is 0 Å². The maximum absolute atomic E-state index is 13.4. The molecule has 14 heteroatoms. The van der Waals surface area contributed by atoms with Gasteiger partial charge in [-0.15, -0.1) is 22.7 Å². The van der Waals surface area contributed by atoms with Gasteiger partial charge < -0.3 is 10.1 Å². The monoisotopic (exact) mass is 600 g/mol. The summed E-state index contributed by atoms with van der Waals surface area (Å²) >= 11 is 2.94. The smallest absolute Gasteiger partial charge is 0.475 e. The average molecular weight is 601 g/mol. The third-order valence-corrected chi connectivity index (χ3v) is 10.3. The molecule has 39 heavy (non-hydrogen) atoms. The van der Waals surface area contributed by atoms with Crippen LogP contribution in [0, 0.1) is 0 Å². The molecule has 0 spiro atoms. The van der Waals surface area contributed by atoms with Gasteiger partial charge in [0.2, 0.25) is 0 Å². The second kappa shape index (κ2) is 11.7. The fourth-order valence-corrected chi connectivity index (χ4v) is 7.98. The van der Waals surface area contributed by atoms with Crippen molar-refractivity contribution in [2.75, 3.05) is 17.4 Å². The summed E-state index contributed by atoms with van der Waals surface area (Å²) in [5.74, 6) is -2.76. The number of fused-ring (bicyclic) bond motifs is 1. The predicted octanol–water partition coefficient (Wildman–Crippen LogP) is 6.19. The molecule has 2 N–H and O–H groups in total. The Morgan fingerprint density at radius 2 is 1.90 bits per heavy atom. The first kappa shape index (κ1) is 29.1. The third kappa shape index (κ3) is 6.62. The molecule has 0 saturated carbocycles. The molecule has 0 aliphatic carbocycles. The molecule has 1 aromatic carbocycles. The van der Waals surface area contributed by atoms with E-state index in [4.69, 9.17) is 9.90 Å². The van der Waals surface area contributed by atoms with Crippen molar-refractivity contribution < 1.29 is 31.5 Å². The van der Waals surface area contributed by atoms with Gasteiger partial charge in [0.25, 0.3) is 10.0 Å². The number of aromatic amines is 1. The zero-order chi connectivity index (χ0) is 28.4. The summed E-state index contributed by atoms with van der Waals surface area (Å²) in [6, 6.07) is 11.1. The first-order chi connectivity index (χ1) is 18.4. The highest BCUT2D eigenvalue weighted by Gasteiger charge is 2.38. The number of carboxylic acids is 1. The van der Waals surface area contributed by atoms with Gasteiger partial charge in [0.1, 0.15) is 9.22 Å². The van der Waals surface area contributed by atoms with Crippen molar-refractivity contribution in [1.29, 1.82) is 0 Å². The van der Waals surface area contributed by atoms with E-state index in [1.807, 2.05) is 38.2 Å². The van der Waals surface area contributed by atoms with E-state index in [9.17, 15) is 21.6 Å². The van der Waals surface area contributed by atoms with Crippen LogP contribution in [0.5, 0.6) is 0 Å². The predicted molar refractivity (Wildman–Crippen MR) is 147 cm³/mol. The van der Waals surface area contributed by atoms with Crippen LogP contribution in [-0.4, -0.2) is 59.7 Å². The first-order valence-corrected chi connectivity index (χ1v) is 15.2. The molecule has 0 unspecified atom stereocenters. The van der Waals surface area contributed by atoms with Gasteiger partial charge in [0.15, 0.2) is 0 Å². The van der Waals surface area contributed by atoms with Crippen LogP contribution >= 0.6 is 22.7 Å². The number of nitrogens with zero attached hydrogens (tertiary/aromatic N) is 3. The van der Waals surface area contributed by atoms with E-state index in [0.717, 1.165) is 41.2 Å². The number of thiophene rings is 1. The lowest BCUT2D eigenvalue weighted by molar-refractivity contribution is -0.192. The Balaban J connectivity index is 0.000000448. The SMILES string of the molecule is CC(C)N(c1cccc2cc(-c3ncc(CN4CCCC4)s3)[nH]c12)S(=O)(=O)c1cccs1.O=C(O)C(F)(F)F. The number of thiazole rings is 1. The van der Waals surface area contributed by atoms with E-state index >= 15 is 0 Å². The van der Waals surface area contributed by atoms with Gasteiger partial charge in [-0.3, -0.25) is 9.21 Å². The summed E-state index contributed by atoms with van der Waals surface area (Å²) in [6.45, 7) is 7.07. The molecular weight excluding hydrogens is 573 g/mol. The number of hydrogen-bond acceptors (Lipinski definition) is 7. The summed E-state index contributed by atoms with van der Waals surface area (Å²) < 4.78 is 60.5. The number of benzene rings is 1. The lowest BCUT2D eigenvalue weighted by atomic mass is 10.2. The summed E-state index contributed by atoms with van der Waals surface area (Å²) in [6.07, 6.45) is -0.569. The Kier molecular flexibility index (Phi) is 8.69. The van der Waals surface area contributed by atoms with Crippen molar-refractivity contribution in [3.05, 3.63) is 52.9 Å². The van der Waals surface area contributed by atoms with E-state index in [1.165, 1.54) is 33.4 Å². The topological polar surface area (TPSA) is 107 Å². The minimum Gasteiger partial charge on any atom is -0.475 e. The van der Waals surface area contributed by atoms with Crippen LogP contribution in [-0.2, 0) is 21.4 Å². The van der Waals surface area contributed by atoms with E-state index in [0.29, 0.717) is 9.90 Å². The molecule has 0 bridgehead atoms. The standard InChI is InChI=1S/C23H26N4O2S3.C2HF3O2/c1-16(2)27(32(28,29)21-9-6-12-30-21)20-8-5-7-17-13-19(25-22(17)20)23-24-14-18(31-23)15-26-10-3-4-11-26;3-2(4,5)1(6)7/h5-9,12-14,16,25H,3-4,10-11,15H2,1-2H3;(H,6,7). The molecule has 8 nitrogen and oxygen atoms in total. The van der Waals surface area contributed by atoms with Gasteiger partial charge in [0, 0.05) is 29.0 Å². The number of alkyl halides is 3. The highest BCUT2D eigenvalue weighted by atomic mass is 32.2. The summed E-state index contributed by atoms with van der Waals surface area (Å²) in [4.78, 5) is 20.7. The molecule has 4 heterocycles. The molecule has 0 amide bonds. The van der Waals surface area contributed by atoms with Gasteiger partial charge in [-0.05, 0) is 63.4 Å². The molecule has 1 aliphatic rings. The average Bonchev–Trinajstić information content (AvgIpc) is 3.66. The van der Waals surface area contributed by atoms with Crippen LogP contribution in [0.2, 0.25) is 0 Å². The van der Waals surface area contributed by atoms with Crippen molar-refractivity contribution in [3.8, 4) is 10.7 Å². The number of rotatable bonds is 7. The number of para-hydroxylation sites is 1. The highest BCUT2D eigenvalue weighted by molar-refractivity contribution is 7.94. The van der Waals surface area contributed by atoms with Crippen LogP contribution in [0.4, 0.5) is 18.9 Å². The number of halogens is 3. The third-order valence-electron chi connectivity index (χ3n) is 5.95. The van der Waals surface area contributed by atoms with Gasteiger partial charge in [0.05, 0.1) is 16.9 Å². The highest BCUT2D eigenvalue weighted by Crippen LogP contribution is 2.36. The quantitative estimate of drug-likeness (QED) is 0.262. The lowest BCUT2D eigenvalue weighted by Gasteiger charge is -2.28. The van der Waals surface area contributed by atoms with Crippen LogP contribution in [0.1, 0.15) is 31.6 Å². The number of hydrogen-bond donors (Lipinski definition) is 2. The number of aromatic nitrogens is 2. The number of sulfonamides is 1. The number of aliphatic carboxylic acids is 1. The molecule has 4 aromatic rings. The number of anilines is 1. The number of carbonyl (C=O) groups is 1. The fraction of sp³-hybridized carbons (Fsp3) is 0.360. The molecule has 1 saturated heterocycles. The van der Waals surface area contributed by atoms with Crippen molar-refractivity contribution >= 4 is 55.3 Å². The summed E-state index contributed by atoms with van der Waals surface area (Å²) in [5.41, 5.74) is 2.39. The number of carboxylic acid groups (broad SMARTS) is 1. The van der Waals surface area contributed by atoms with Crippen molar-refractivity contribution in [3.63, 3.8) is 0 Å². The second-order valence-corrected chi connectivity index (χ2v) is 13.3. The summed E-state index contributed by atoms with van der Waals surface area (Å²) in [5, 5.41) is 10.8. The second-order valence-electron chi connectivity index (χ2n) is 9.17.